The summed E-state index contributed by atoms with van der Waals surface area (Å²) in [7, 11) is 5.54. The van der Waals surface area contributed by atoms with E-state index in [1.807, 2.05) is 38.1 Å². The SMILES string of the molecule is COc1ccc(C)c2sc(N(CCN(C)C)C(=O)c3ccno3)nc12.Cl. The first-order valence-corrected chi connectivity index (χ1v) is 8.64. The molecule has 3 rings (SSSR count). The Morgan fingerprint density at radius 1 is 1.27 bits per heavy atom. The number of hydrogen-bond acceptors (Lipinski definition) is 7. The lowest BCUT2D eigenvalue weighted by atomic mass is 10.2. The van der Waals surface area contributed by atoms with Crippen molar-refractivity contribution in [1.29, 1.82) is 0 Å². The summed E-state index contributed by atoms with van der Waals surface area (Å²) in [4.78, 5) is 21.2. The molecule has 140 valence electrons. The fourth-order valence-electron chi connectivity index (χ4n) is 2.42. The van der Waals surface area contributed by atoms with E-state index in [9.17, 15) is 4.79 Å². The topological polar surface area (TPSA) is 71.7 Å². The molecule has 0 radical (unpaired) electrons. The number of benzene rings is 1. The smallest absolute Gasteiger partial charge is 0.298 e. The van der Waals surface area contributed by atoms with Gasteiger partial charge in [0.25, 0.3) is 5.91 Å². The highest BCUT2D eigenvalue weighted by Gasteiger charge is 2.25. The van der Waals surface area contributed by atoms with E-state index in [0.717, 1.165) is 15.8 Å². The van der Waals surface area contributed by atoms with E-state index < -0.39 is 0 Å². The van der Waals surface area contributed by atoms with E-state index in [2.05, 4.69) is 10.1 Å². The molecular weight excluding hydrogens is 376 g/mol. The van der Waals surface area contributed by atoms with E-state index in [0.29, 0.717) is 24.0 Å². The standard InChI is InChI=1S/C17H20N4O3S.ClH/c1-11-5-6-12(23-4)14-15(11)25-17(19-14)21(10-9-20(2)3)16(22)13-7-8-18-24-13;/h5-8H,9-10H2,1-4H3;1H. The molecule has 0 aliphatic carbocycles. The number of carbonyl (C=O) groups is 1. The van der Waals surface area contributed by atoms with Crippen LogP contribution in [0.3, 0.4) is 0 Å². The molecule has 0 saturated carbocycles. The number of ether oxygens (including phenoxy) is 1. The second-order valence-electron chi connectivity index (χ2n) is 5.90. The average molecular weight is 397 g/mol. The van der Waals surface area contributed by atoms with Crippen LogP contribution in [0.25, 0.3) is 10.2 Å². The Balaban J connectivity index is 0.00000243. The Morgan fingerprint density at radius 3 is 2.65 bits per heavy atom. The lowest BCUT2D eigenvalue weighted by Crippen LogP contribution is -2.36. The number of hydrogen-bond donors (Lipinski definition) is 0. The Kier molecular flexibility index (Phi) is 6.57. The van der Waals surface area contributed by atoms with E-state index in [1.165, 1.54) is 17.5 Å². The number of likely N-dealkylation sites (N-methyl/N-ethyl adjacent to an activating group) is 1. The van der Waals surface area contributed by atoms with Crippen LogP contribution in [0.15, 0.2) is 28.9 Å². The first-order valence-electron chi connectivity index (χ1n) is 7.82. The van der Waals surface area contributed by atoms with Gasteiger partial charge in [-0.2, -0.15) is 0 Å². The molecule has 1 amide bonds. The molecule has 7 nitrogen and oxygen atoms in total. The minimum absolute atomic E-state index is 0. The van der Waals surface area contributed by atoms with Crippen molar-refractivity contribution in [1.82, 2.24) is 15.0 Å². The van der Waals surface area contributed by atoms with E-state index >= 15 is 0 Å². The minimum atomic E-state index is -0.255. The van der Waals surface area contributed by atoms with Gasteiger partial charge in [0, 0.05) is 19.2 Å². The molecule has 1 aromatic carbocycles. The molecule has 0 fully saturated rings. The number of methoxy groups -OCH3 is 1. The maximum Gasteiger partial charge on any atom is 0.298 e. The molecule has 0 aliphatic heterocycles. The lowest BCUT2D eigenvalue weighted by molar-refractivity contribution is 0.0949. The summed E-state index contributed by atoms with van der Waals surface area (Å²) in [6.45, 7) is 3.21. The van der Waals surface area contributed by atoms with Crippen molar-refractivity contribution < 1.29 is 14.1 Å². The van der Waals surface area contributed by atoms with Crippen molar-refractivity contribution in [2.24, 2.45) is 0 Å². The number of nitrogens with zero attached hydrogens (tertiary/aromatic N) is 4. The van der Waals surface area contributed by atoms with Crippen molar-refractivity contribution in [2.75, 3.05) is 39.2 Å². The lowest BCUT2D eigenvalue weighted by Gasteiger charge is -2.20. The van der Waals surface area contributed by atoms with Crippen LogP contribution in [-0.2, 0) is 0 Å². The molecule has 0 atom stereocenters. The summed E-state index contributed by atoms with van der Waals surface area (Å²) < 4.78 is 11.5. The minimum Gasteiger partial charge on any atom is -0.494 e. The molecular formula is C17H21ClN4O3S. The van der Waals surface area contributed by atoms with E-state index in [4.69, 9.17) is 9.26 Å². The van der Waals surface area contributed by atoms with Gasteiger partial charge in [0.1, 0.15) is 11.3 Å². The number of thiazole rings is 1. The Bertz CT molecular complexity index is 880. The first kappa shape index (κ1) is 20.2. The molecule has 3 aromatic rings. The number of aromatic nitrogens is 2. The molecule has 26 heavy (non-hydrogen) atoms. The monoisotopic (exact) mass is 396 g/mol. The van der Waals surface area contributed by atoms with Crippen LogP contribution in [0.2, 0.25) is 0 Å². The predicted molar refractivity (Wildman–Crippen MR) is 105 cm³/mol. The number of aryl methyl sites for hydroxylation is 1. The zero-order valence-corrected chi connectivity index (χ0v) is 16.7. The molecule has 2 heterocycles. The van der Waals surface area contributed by atoms with E-state index in [1.54, 1.807) is 18.1 Å². The molecule has 0 unspecified atom stereocenters. The fourth-order valence-corrected chi connectivity index (χ4v) is 3.50. The molecule has 0 bridgehead atoms. The second-order valence-corrected chi connectivity index (χ2v) is 6.87. The maximum absolute atomic E-state index is 12.8. The Hall–Kier alpha value is -2.16. The second kappa shape index (κ2) is 8.48. The third-order valence-electron chi connectivity index (χ3n) is 3.81. The van der Waals surface area contributed by atoms with Crippen molar-refractivity contribution in [3.8, 4) is 5.75 Å². The summed E-state index contributed by atoms with van der Waals surface area (Å²) in [5.74, 6) is 0.638. The highest BCUT2D eigenvalue weighted by molar-refractivity contribution is 7.22. The van der Waals surface area contributed by atoms with Crippen LogP contribution in [0.5, 0.6) is 5.75 Å². The number of anilines is 1. The van der Waals surface area contributed by atoms with Gasteiger partial charge in [0.05, 0.1) is 18.0 Å². The normalized spacial score (nSPS) is 10.8. The van der Waals surface area contributed by atoms with Crippen molar-refractivity contribution in [3.05, 3.63) is 35.7 Å². The summed E-state index contributed by atoms with van der Waals surface area (Å²) >= 11 is 1.47. The summed E-state index contributed by atoms with van der Waals surface area (Å²) in [6.07, 6.45) is 1.46. The fraction of sp³-hybridized carbons (Fsp3) is 0.353. The highest BCUT2D eigenvalue weighted by Crippen LogP contribution is 2.36. The van der Waals surface area contributed by atoms with Gasteiger partial charge in [-0.25, -0.2) is 4.98 Å². The average Bonchev–Trinajstić information content (AvgIpc) is 3.25. The molecule has 2 aromatic heterocycles. The van der Waals surface area contributed by atoms with Crippen LogP contribution < -0.4 is 9.64 Å². The quantitative estimate of drug-likeness (QED) is 0.637. The zero-order valence-electron chi connectivity index (χ0n) is 15.1. The number of halogens is 1. The number of carbonyl (C=O) groups excluding carboxylic acids is 1. The van der Waals surface area contributed by atoms with Gasteiger partial charge in [-0.3, -0.25) is 9.69 Å². The van der Waals surface area contributed by atoms with E-state index in [-0.39, 0.29) is 24.1 Å². The van der Waals surface area contributed by atoms with Gasteiger partial charge in [-0.05, 0) is 32.6 Å². The van der Waals surface area contributed by atoms with Crippen LogP contribution in [-0.4, -0.2) is 55.2 Å². The largest absolute Gasteiger partial charge is 0.494 e. The molecule has 9 heteroatoms. The van der Waals surface area contributed by atoms with Crippen LogP contribution in [0, 0.1) is 6.92 Å². The predicted octanol–water partition coefficient (Wildman–Crippen LogP) is 3.23. The van der Waals surface area contributed by atoms with Crippen molar-refractivity contribution in [3.63, 3.8) is 0 Å². The summed E-state index contributed by atoms with van der Waals surface area (Å²) in [5, 5.41) is 4.25. The van der Waals surface area contributed by atoms with Crippen LogP contribution >= 0.6 is 23.7 Å². The number of fused-ring (bicyclic) bond motifs is 1. The van der Waals surface area contributed by atoms with Gasteiger partial charge in [0.15, 0.2) is 5.13 Å². The molecule has 0 N–H and O–H groups in total. The third-order valence-corrected chi connectivity index (χ3v) is 5.02. The molecule has 0 spiro atoms. The highest BCUT2D eigenvalue weighted by atomic mass is 35.5. The van der Waals surface area contributed by atoms with Crippen molar-refractivity contribution in [2.45, 2.75) is 6.92 Å². The first-order chi connectivity index (χ1) is 12.0. The third kappa shape index (κ3) is 3.98. The number of rotatable bonds is 6. The van der Waals surface area contributed by atoms with Crippen molar-refractivity contribution >= 4 is 45.0 Å². The summed E-state index contributed by atoms with van der Waals surface area (Å²) in [6, 6.07) is 5.44. The Morgan fingerprint density at radius 2 is 2.04 bits per heavy atom. The summed E-state index contributed by atoms with van der Waals surface area (Å²) in [5.41, 5.74) is 1.86. The van der Waals surface area contributed by atoms with Gasteiger partial charge in [-0.15, -0.1) is 12.4 Å². The van der Waals surface area contributed by atoms with Gasteiger partial charge in [-0.1, -0.05) is 22.6 Å². The number of amides is 1. The van der Waals surface area contributed by atoms with Crippen LogP contribution in [0.4, 0.5) is 5.13 Å². The van der Waals surface area contributed by atoms with Crippen LogP contribution in [0.1, 0.15) is 16.1 Å². The zero-order chi connectivity index (χ0) is 18.0. The molecule has 0 saturated heterocycles. The van der Waals surface area contributed by atoms with Gasteiger partial charge >= 0.3 is 0 Å². The maximum atomic E-state index is 12.8. The van der Waals surface area contributed by atoms with Gasteiger partial charge < -0.3 is 14.2 Å². The van der Waals surface area contributed by atoms with Gasteiger partial charge in [0.2, 0.25) is 5.76 Å². The molecule has 0 aliphatic rings. The Labute approximate surface area is 161 Å².